The topological polar surface area (TPSA) is 116 Å². The van der Waals surface area contributed by atoms with Crippen molar-refractivity contribution in [2.24, 2.45) is 7.05 Å². The van der Waals surface area contributed by atoms with E-state index in [2.05, 4.69) is 20.4 Å². The number of amides is 1. The molecular weight excluding hydrogens is 300 g/mol. The molecule has 0 bridgehead atoms. The van der Waals surface area contributed by atoms with Gasteiger partial charge in [0.25, 0.3) is 11.6 Å². The van der Waals surface area contributed by atoms with E-state index in [4.69, 9.17) is 11.6 Å². The molecule has 0 unspecified atom stereocenters. The minimum Gasteiger partial charge on any atom is -0.351 e. The summed E-state index contributed by atoms with van der Waals surface area (Å²) < 4.78 is 1.55. The Morgan fingerprint density at radius 1 is 1.52 bits per heavy atom. The van der Waals surface area contributed by atoms with Crippen molar-refractivity contribution in [3.63, 3.8) is 0 Å². The molecule has 9 nitrogen and oxygen atoms in total. The third-order valence-corrected chi connectivity index (χ3v) is 2.86. The fourth-order valence-electron chi connectivity index (χ4n) is 1.58. The van der Waals surface area contributed by atoms with Crippen LogP contribution in [0.15, 0.2) is 18.6 Å². The zero-order valence-electron chi connectivity index (χ0n) is 11.0. The number of hydrogen-bond donors (Lipinski definition) is 1. The van der Waals surface area contributed by atoms with Gasteiger partial charge in [-0.05, 0) is 0 Å². The Morgan fingerprint density at radius 2 is 2.29 bits per heavy atom. The summed E-state index contributed by atoms with van der Waals surface area (Å²) >= 11 is 5.77. The van der Waals surface area contributed by atoms with Gasteiger partial charge in [0.1, 0.15) is 17.7 Å². The van der Waals surface area contributed by atoms with E-state index in [9.17, 15) is 14.9 Å². The van der Waals surface area contributed by atoms with E-state index in [-0.39, 0.29) is 22.9 Å². The quantitative estimate of drug-likeness (QED) is 0.495. The molecule has 2 aromatic rings. The largest absolute Gasteiger partial charge is 0.351 e. The highest BCUT2D eigenvalue weighted by molar-refractivity contribution is 6.32. The summed E-state index contributed by atoms with van der Waals surface area (Å²) in [6.45, 7) is 0.280. The molecule has 110 valence electrons. The number of carbonyl (C=O) groups excluding carboxylic acids is 1. The van der Waals surface area contributed by atoms with Crippen molar-refractivity contribution in [1.82, 2.24) is 25.1 Å². The van der Waals surface area contributed by atoms with Crippen LogP contribution in [0.1, 0.15) is 16.2 Å². The summed E-state index contributed by atoms with van der Waals surface area (Å²) in [7, 11) is 1.74. The lowest BCUT2D eigenvalue weighted by atomic mass is 10.2. The number of aryl methyl sites for hydroxylation is 1. The lowest BCUT2D eigenvalue weighted by Gasteiger charge is -2.05. The van der Waals surface area contributed by atoms with Gasteiger partial charge in [-0.1, -0.05) is 11.6 Å². The molecule has 0 aliphatic carbocycles. The minimum absolute atomic E-state index is 0.0418. The molecule has 2 rings (SSSR count). The molecule has 0 fully saturated rings. The standard InChI is InChI=1S/C11H11ClN6O3/c1-17-6-15-9(16-17)2-3-13-11(19)8-4-7(18(20)21)5-14-10(8)12/h4-6H,2-3H2,1H3,(H,13,19). The van der Waals surface area contributed by atoms with Gasteiger partial charge in [-0.15, -0.1) is 0 Å². The number of halogens is 1. The average molecular weight is 311 g/mol. The maximum atomic E-state index is 11.9. The second-order valence-corrected chi connectivity index (χ2v) is 4.49. The van der Waals surface area contributed by atoms with Gasteiger partial charge in [-0.3, -0.25) is 19.6 Å². The molecule has 0 saturated carbocycles. The second kappa shape index (κ2) is 6.27. The normalized spacial score (nSPS) is 10.4. The lowest BCUT2D eigenvalue weighted by Crippen LogP contribution is -2.26. The van der Waals surface area contributed by atoms with Crippen LogP contribution < -0.4 is 5.32 Å². The monoisotopic (exact) mass is 310 g/mol. The van der Waals surface area contributed by atoms with Crippen LogP contribution in [0.2, 0.25) is 5.15 Å². The molecule has 1 amide bonds. The van der Waals surface area contributed by atoms with Crippen molar-refractivity contribution in [3.8, 4) is 0 Å². The molecule has 2 heterocycles. The molecule has 2 aromatic heterocycles. The van der Waals surface area contributed by atoms with Crippen LogP contribution in [-0.4, -0.2) is 37.1 Å². The first kappa shape index (κ1) is 14.9. The van der Waals surface area contributed by atoms with Crippen LogP contribution in [0.3, 0.4) is 0 Å². The van der Waals surface area contributed by atoms with Gasteiger partial charge in [-0.2, -0.15) is 5.10 Å². The first-order valence-corrected chi connectivity index (χ1v) is 6.28. The van der Waals surface area contributed by atoms with Crippen molar-refractivity contribution in [2.75, 3.05) is 6.54 Å². The highest BCUT2D eigenvalue weighted by Crippen LogP contribution is 2.18. The Balaban J connectivity index is 1.99. The summed E-state index contributed by atoms with van der Waals surface area (Å²) in [6.07, 6.45) is 2.99. The minimum atomic E-state index is -0.641. The van der Waals surface area contributed by atoms with Gasteiger partial charge in [0.05, 0.1) is 10.5 Å². The third-order valence-electron chi connectivity index (χ3n) is 2.56. The summed E-state index contributed by atoms with van der Waals surface area (Å²) in [6, 6.07) is 1.09. The van der Waals surface area contributed by atoms with Crippen molar-refractivity contribution in [2.45, 2.75) is 6.42 Å². The van der Waals surface area contributed by atoms with Crippen LogP contribution >= 0.6 is 11.6 Å². The molecule has 0 aliphatic heterocycles. The highest BCUT2D eigenvalue weighted by Gasteiger charge is 2.16. The molecule has 0 radical (unpaired) electrons. The maximum absolute atomic E-state index is 11.9. The summed E-state index contributed by atoms with van der Waals surface area (Å²) in [5.74, 6) is 0.0493. The van der Waals surface area contributed by atoms with Gasteiger partial charge in [0.15, 0.2) is 5.82 Å². The highest BCUT2D eigenvalue weighted by atomic mass is 35.5. The first-order chi connectivity index (χ1) is 9.97. The number of nitrogens with one attached hydrogen (secondary N) is 1. The van der Waals surface area contributed by atoms with Crippen LogP contribution in [0.5, 0.6) is 0 Å². The number of nitro groups is 1. The Labute approximate surface area is 124 Å². The predicted molar refractivity (Wildman–Crippen MR) is 72.9 cm³/mol. The van der Waals surface area contributed by atoms with Crippen LogP contribution in [-0.2, 0) is 13.5 Å². The van der Waals surface area contributed by atoms with Gasteiger partial charge in [-0.25, -0.2) is 9.97 Å². The predicted octanol–water partition coefficient (Wildman–Crippen LogP) is 0.744. The summed E-state index contributed by atoms with van der Waals surface area (Å²) in [4.78, 5) is 29.6. The number of aromatic nitrogens is 4. The molecule has 0 saturated heterocycles. The smallest absolute Gasteiger partial charge is 0.288 e. The molecular formula is C11H11ClN6O3. The molecule has 21 heavy (non-hydrogen) atoms. The van der Waals surface area contributed by atoms with E-state index in [1.54, 1.807) is 18.1 Å². The Bertz CT molecular complexity index is 686. The molecule has 0 aromatic carbocycles. The Morgan fingerprint density at radius 3 is 2.90 bits per heavy atom. The third kappa shape index (κ3) is 3.72. The van der Waals surface area contributed by atoms with Crippen molar-refractivity contribution in [3.05, 3.63) is 45.2 Å². The van der Waals surface area contributed by atoms with E-state index in [0.717, 1.165) is 12.3 Å². The fraction of sp³-hybridized carbons (Fsp3) is 0.273. The first-order valence-electron chi connectivity index (χ1n) is 5.90. The van der Waals surface area contributed by atoms with E-state index in [0.29, 0.717) is 12.2 Å². The molecule has 0 atom stereocenters. The fourth-order valence-corrected chi connectivity index (χ4v) is 1.77. The van der Waals surface area contributed by atoms with Crippen LogP contribution in [0.4, 0.5) is 5.69 Å². The zero-order valence-corrected chi connectivity index (χ0v) is 11.7. The van der Waals surface area contributed by atoms with Gasteiger partial charge in [0.2, 0.25) is 0 Å². The molecule has 1 N–H and O–H groups in total. The SMILES string of the molecule is Cn1cnc(CCNC(=O)c2cc([N+](=O)[O-])cnc2Cl)n1. The number of hydrogen-bond acceptors (Lipinski definition) is 6. The lowest BCUT2D eigenvalue weighted by molar-refractivity contribution is -0.385. The number of rotatable bonds is 5. The van der Waals surface area contributed by atoms with E-state index >= 15 is 0 Å². The molecule has 0 spiro atoms. The summed E-state index contributed by atoms with van der Waals surface area (Å²) in [5, 5.41) is 17.2. The van der Waals surface area contributed by atoms with E-state index < -0.39 is 10.8 Å². The zero-order chi connectivity index (χ0) is 15.4. The van der Waals surface area contributed by atoms with Gasteiger partial charge < -0.3 is 5.32 Å². The van der Waals surface area contributed by atoms with Crippen LogP contribution in [0.25, 0.3) is 0 Å². The van der Waals surface area contributed by atoms with Crippen molar-refractivity contribution >= 4 is 23.2 Å². The van der Waals surface area contributed by atoms with Crippen LogP contribution in [0, 0.1) is 10.1 Å². The number of pyridine rings is 1. The summed E-state index contributed by atoms with van der Waals surface area (Å²) in [5.41, 5.74) is -0.337. The maximum Gasteiger partial charge on any atom is 0.288 e. The van der Waals surface area contributed by atoms with E-state index in [1.807, 2.05) is 0 Å². The number of nitrogens with zero attached hydrogens (tertiary/aromatic N) is 5. The molecule has 0 aliphatic rings. The molecule has 10 heteroatoms. The second-order valence-electron chi connectivity index (χ2n) is 4.13. The van der Waals surface area contributed by atoms with Crippen molar-refractivity contribution in [1.29, 1.82) is 0 Å². The number of carbonyl (C=O) groups is 1. The van der Waals surface area contributed by atoms with Crippen molar-refractivity contribution < 1.29 is 9.72 Å². The Kier molecular flexibility index (Phi) is 4.43. The average Bonchev–Trinajstić information content (AvgIpc) is 2.84. The van der Waals surface area contributed by atoms with Gasteiger partial charge in [0, 0.05) is 26.1 Å². The Hall–Kier alpha value is -2.55. The van der Waals surface area contributed by atoms with E-state index in [1.165, 1.54) is 0 Å². The van der Waals surface area contributed by atoms with Gasteiger partial charge >= 0.3 is 0 Å².